The number of nitrogens with one attached hydrogen (secondary N) is 2. The average molecular weight is 382 g/mol. The minimum atomic E-state index is -0.175. The minimum absolute atomic E-state index is 0.103. The summed E-state index contributed by atoms with van der Waals surface area (Å²) in [5.74, 6) is -0.278. The number of anilines is 1. The second-order valence-corrected chi connectivity index (χ2v) is 6.50. The summed E-state index contributed by atoms with van der Waals surface area (Å²) in [7, 11) is 0. The molecule has 1 heterocycles. The summed E-state index contributed by atoms with van der Waals surface area (Å²) < 4.78 is 1.88. The SMILES string of the molecule is O=C(Cc1ccccc1)NCCC(=O)Nc1ccc(Cl)cc1-n1cccc1. The van der Waals surface area contributed by atoms with E-state index >= 15 is 0 Å². The van der Waals surface area contributed by atoms with Gasteiger partial charge >= 0.3 is 0 Å². The molecule has 3 aromatic rings. The van der Waals surface area contributed by atoms with Crippen molar-refractivity contribution in [1.82, 2.24) is 9.88 Å². The van der Waals surface area contributed by atoms with Crippen LogP contribution in [0.4, 0.5) is 5.69 Å². The summed E-state index contributed by atoms with van der Waals surface area (Å²) in [4.78, 5) is 24.2. The quantitative estimate of drug-likeness (QED) is 0.653. The van der Waals surface area contributed by atoms with Gasteiger partial charge in [-0.25, -0.2) is 0 Å². The first kappa shape index (κ1) is 18.7. The van der Waals surface area contributed by atoms with E-state index < -0.39 is 0 Å². The Morgan fingerprint density at radius 2 is 1.67 bits per heavy atom. The van der Waals surface area contributed by atoms with Crippen LogP contribution in [0, 0.1) is 0 Å². The van der Waals surface area contributed by atoms with E-state index in [0.29, 0.717) is 17.1 Å². The van der Waals surface area contributed by atoms with Gasteiger partial charge in [-0.15, -0.1) is 0 Å². The average Bonchev–Trinajstić information content (AvgIpc) is 3.18. The lowest BCUT2D eigenvalue weighted by molar-refractivity contribution is -0.120. The van der Waals surface area contributed by atoms with Gasteiger partial charge in [0, 0.05) is 30.4 Å². The van der Waals surface area contributed by atoms with Crippen molar-refractivity contribution >= 4 is 29.1 Å². The Kier molecular flexibility index (Phi) is 6.28. The zero-order valence-corrected chi connectivity index (χ0v) is 15.4. The van der Waals surface area contributed by atoms with Gasteiger partial charge in [-0.05, 0) is 35.9 Å². The van der Waals surface area contributed by atoms with E-state index in [1.54, 1.807) is 18.2 Å². The molecular weight excluding hydrogens is 362 g/mol. The third kappa shape index (κ3) is 5.46. The van der Waals surface area contributed by atoms with Gasteiger partial charge in [-0.1, -0.05) is 41.9 Å². The Hall–Kier alpha value is -3.05. The summed E-state index contributed by atoms with van der Waals surface area (Å²) in [5, 5.41) is 6.24. The first-order valence-electron chi connectivity index (χ1n) is 8.65. The Morgan fingerprint density at radius 3 is 2.41 bits per heavy atom. The molecule has 0 bridgehead atoms. The molecule has 0 saturated heterocycles. The van der Waals surface area contributed by atoms with E-state index in [-0.39, 0.29) is 24.8 Å². The van der Waals surface area contributed by atoms with E-state index in [1.807, 2.05) is 59.4 Å². The Bertz CT molecular complexity index is 908. The monoisotopic (exact) mass is 381 g/mol. The fourth-order valence-electron chi connectivity index (χ4n) is 2.69. The van der Waals surface area contributed by atoms with Crippen molar-refractivity contribution in [2.24, 2.45) is 0 Å². The molecule has 0 aliphatic heterocycles. The van der Waals surface area contributed by atoms with Gasteiger partial charge in [0.1, 0.15) is 0 Å². The smallest absolute Gasteiger partial charge is 0.226 e. The van der Waals surface area contributed by atoms with Crippen LogP contribution in [0.15, 0.2) is 73.1 Å². The predicted octanol–water partition coefficient (Wildman–Crippen LogP) is 3.82. The van der Waals surface area contributed by atoms with Crippen molar-refractivity contribution < 1.29 is 9.59 Å². The summed E-state index contributed by atoms with van der Waals surface area (Å²) in [6, 6.07) is 18.6. The second kappa shape index (κ2) is 9.05. The molecule has 0 radical (unpaired) electrons. The summed E-state index contributed by atoms with van der Waals surface area (Å²) in [6.07, 6.45) is 4.25. The van der Waals surface area contributed by atoms with Gasteiger partial charge in [0.15, 0.2) is 0 Å². The number of aromatic nitrogens is 1. The van der Waals surface area contributed by atoms with Crippen molar-refractivity contribution in [2.75, 3.05) is 11.9 Å². The van der Waals surface area contributed by atoms with Crippen LogP contribution >= 0.6 is 11.6 Å². The second-order valence-electron chi connectivity index (χ2n) is 6.06. The van der Waals surface area contributed by atoms with Gasteiger partial charge in [-0.2, -0.15) is 0 Å². The molecule has 0 aliphatic carbocycles. The first-order chi connectivity index (χ1) is 13.1. The number of amides is 2. The van der Waals surface area contributed by atoms with Gasteiger partial charge in [0.25, 0.3) is 0 Å². The predicted molar refractivity (Wildman–Crippen MR) is 107 cm³/mol. The van der Waals surface area contributed by atoms with E-state index in [0.717, 1.165) is 11.3 Å². The van der Waals surface area contributed by atoms with Crippen LogP contribution in [0.1, 0.15) is 12.0 Å². The molecule has 6 heteroatoms. The first-order valence-corrected chi connectivity index (χ1v) is 9.03. The largest absolute Gasteiger partial charge is 0.355 e. The van der Waals surface area contributed by atoms with Crippen LogP contribution in [-0.4, -0.2) is 22.9 Å². The lowest BCUT2D eigenvalue weighted by Crippen LogP contribution is -2.29. The van der Waals surface area contributed by atoms with E-state index in [4.69, 9.17) is 11.6 Å². The Balaban J connectivity index is 1.52. The standard InChI is InChI=1S/C21H20ClN3O2/c22-17-8-9-18(19(15-17)25-12-4-5-13-25)24-20(26)10-11-23-21(27)14-16-6-2-1-3-7-16/h1-9,12-13,15H,10-11,14H2,(H,23,27)(H,24,26). The lowest BCUT2D eigenvalue weighted by Gasteiger charge is -2.13. The molecule has 0 spiro atoms. The molecule has 0 unspecified atom stereocenters. The highest BCUT2D eigenvalue weighted by Crippen LogP contribution is 2.24. The topological polar surface area (TPSA) is 63.1 Å². The normalized spacial score (nSPS) is 10.4. The summed E-state index contributed by atoms with van der Waals surface area (Å²) >= 11 is 6.08. The number of rotatable bonds is 7. The molecule has 2 aromatic carbocycles. The number of nitrogens with zero attached hydrogens (tertiary/aromatic N) is 1. The number of carbonyl (C=O) groups excluding carboxylic acids is 2. The fraction of sp³-hybridized carbons (Fsp3) is 0.143. The van der Waals surface area contributed by atoms with Crippen LogP contribution in [0.2, 0.25) is 5.02 Å². The zero-order valence-electron chi connectivity index (χ0n) is 14.7. The van der Waals surface area contributed by atoms with Crippen LogP contribution in [0.25, 0.3) is 5.69 Å². The fourth-order valence-corrected chi connectivity index (χ4v) is 2.86. The van der Waals surface area contributed by atoms with Crippen LogP contribution in [0.5, 0.6) is 0 Å². The highest BCUT2D eigenvalue weighted by molar-refractivity contribution is 6.30. The Morgan fingerprint density at radius 1 is 0.926 bits per heavy atom. The van der Waals surface area contributed by atoms with Crippen molar-refractivity contribution in [3.05, 3.63) is 83.6 Å². The molecule has 3 rings (SSSR count). The molecule has 0 atom stereocenters. The molecule has 138 valence electrons. The number of benzene rings is 2. The van der Waals surface area contributed by atoms with Crippen molar-refractivity contribution in [3.63, 3.8) is 0 Å². The number of hydrogen-bond acceptors (Lipinski definition) is 2. The molecule has 0 saturated carbocycles. The minimum Gasteiger partial charge on any atom is -0.355 e. The highest BCUT2D eigenvalue weighted by Gasteiger charge is 2.10. The number of carbonyl (C=O) groups is 2. The van der Waals surface area contributed by atoms with E-state index in [2.05, 4.69) is 10.6 Å². The third-order valence-corrected chi connectivity index (χ3v) is 4.23. The number of halogens is 1. The zero-order chi connectivity index (χ0) is 19.1. The summed E-state index contributed by atoms with van der Waals surface area (Å²) in [6.45, 7) is 0.282. The molecular formula is C21H20ClN3O2. The summed E-state index contributed by atoms with van der Waals surface area (Å²) in [5.41, 5.74) is 2.39. The van der Waals surface area contributed by atoms with Crippen LogP contribution in [0.3, 0.4) is 0 Å². The lowest BCUT2D eigenvalue weighted by atomic mass is 10.1. The maximum absolute atomic E-state index is 12.3. The van der Waals surface area contributed by atoms with Crippen molar-refractivity contribution in [3.8, 4) is 5.69 Å². The number of hydrogen-bond donors (Lipinski definition) is 2. The maximum Gasteiger partial charge on any atom is 0.226 e. The molecule has 2 amide bonds. The van der Waals surface area contributed by atoms with Crippen molar-refractivity contribution in [2.45, 2.75) is 12.8 Å². The van der Waals surface area contributed by atoms with Crippen molar-refractivity contribution in [1.29, 1.82) is 0 Å². The third-order valence-electron chi connectivity index (χ3n) is 4.00. The Labute approximate surface area is 163 Å². The van der Waals surface area contributed by atoms with Gasteiger partial charge in [-0.3, -0.25) is 9.59 Å². The molecule has 0 aliphatic rings. The van der Waals surface area contributed by atoms with Gasteiger partial charge in [0.05, 0.1) is 17.8 Å². The van der Waals surface area contributed by atoms with Crippen LogP contribution < -0.4 is 10.6 Å². The van der Waals surface area contributed by atoms with E-state index in [9.17, 15) is 9.59 Å². The molecule has 0 fully saturated rings. The van der Waals surface area contributed by atoms with E-state index in [1.165, 1.54) is 0 Å². The molecule has 1 aromatic heterocycles. The molecule has 2 N–H and O–H groups in total. The van der Waals surface area contributed by atoms with Crippen LogP contribution in [-0.2, 0) is 16.0 Å². The maximum atomic E-state index is 12.3. The molecule has 5 nitrogen and oxygen atoms in total. The molecule has 27 heavy (non-hydrogen) atoms. The highest BCUT2D eigenvalue weighted by atomic mass is 35.5. The van der Waals surface area contributed by atoms with Gasteiger partial charge < -0.3 is 15.2 Å². The van der Waals surface area contributed by atoms with Gasteiger partial charge in [0.2, 0.25) is 11.8 Å².